The van der Waals surface area contributed by atoms with E-state index in [1.54, 1.807) is 4.52 Å². The van der Waals surface area contributed by atoms with Crippen molar-refractivity contribution in [1.29, 1.82) is 0 Å². The fourth-order valence-corrected chi connectivity index (χ4v) is 5.21. The van der Waals surface area contributed by atoms with Crippen molar-refractivity contribution in [2.45, 2.75) is 50.7 Å². The SMILES string of the molecule is Cc1nc2nc(SCC(=O)NC3CCCc4ccccc43)nn2c(C)c1Cc1ccccc1. The van der Waals surface area contributed by atoms with E-state index in [1.807, 2.05) is 31.2 Å². The van der Waals surface area contributed by atoms with Crippen molar-refractivity contribution in [1.82, 2.24) is 24.9 Å². The normalized spacial score (nSPS) is 15.4. The van der Waals surface area contributed by atoms with E-state index >= 15 is 0 Å². The number of fused-ring (bicyclic) bond motifs is 2. The summed E-state index contributed by atoms with van der Waals surface area (Å²) in [6.07, 6.45) is 3.96. The molecule has 2 aromatic carbocycles. The quantitative estimate of drug-likeness (QED) is 0.428. The number of hydrogen-bond donors (Lipinski definition) is 1. The summed E-state index contributed by atoms with van der Waals surface area (Å²) in [5.41, 5.74) is 6.97. The van der Waals surface area contributed by atoms with Crippen LogP contribution in [0.4, 0.5) is 0 Å². The van der Waals surface area contributed by atoms with Gasteiger partial charge < -0.3 is 5.32 Å². The van der Waals surface area contributed by atoms with E-state index < -0.39 is 0 Å². The van der Waals surface area contributed by atoms with Gasteiger partial charge in [-0.05, 0) is 55.4 Å². The number of rotatable bonds is 6. The van der Waals surface area contributed by atoms with Crippen molar-refractivity contribution in [2.24, 2.45) is 0 Å². The molecule has 33 heavy (non-hydrogen) atoms. The van der Waals surface area contributed by atoms with Crippen LogP contribution in [0.15, 0.2) is 59.8 Å². The molecule has 2 aromatic heterocycles. The zero-order valence-electron chi connectivity index (χ0n) is 18.9. The van der Waals surface area contributed by atoms with Crippen LogP contribution in [0.1, 0.15) is 52.5 Å². The van der Waals surface area contributed by atoms with Crippen molar-refractivity contribution >= 4 is 23.4 Å². The number of nitrogens with zero attached hydrogens (tertiary/aromatic N) is 4. The molecule has 168 valence electrons. The van der Waals surface area contributed by atoms with Gasteiger partial charge in [0.1, 0.15) is 0 Å². The molecule has 1 aliphatic carbocycles. The van der Waals surface area contributed by atoms with Crippen LogP contribution in [0.25, 0.3) is 5.78 Å². The van der Waals surface area contributed by atoms with Crippen LogP contribution in [-0.4, -0.2) is 31.2 Å². The molecule has 4 aromatic rings. The lowest BCUT2D eigenvalue weighted by molar-refractivity contribution is -0.119. The second-order valence-electron chi connectivity index (χ2n) is 8.53. The van der Waals surface area contributed by atoms with Gasteiger partial charge >= 0.3 is 0 Å². The summed E-state index contributed by atoms with van der Waals surface area (Å²) in [5.74, 6) is 0.863. The van der Waals surface area contributed by atoms with Crippen LogP contribution < -0.4 is 5.32 Å². The number of thioether (sulfide) groups is 1. The first-order valence-corrected chi connectivity index (χ1v) is 12.3. The molecule has 7 heteroatoms. The summed E-state index contributed by atoms with van der Waals surface area (Å²) in [6.45, 7) is 4.07. The van der Waals surface area contributed by atoms with Gasteiger partial charge in [-0.2, -0.15) is 4.98 Å². The highest BCUT2D eigenvalue weighted by molar-refractivity contribution is 7.99. The van der Waals surface area contributed by atoms with Gasteiger partial charge in [0.15, 0.2) is 0 Å². The van der Waals surface area contributed by atoms with E-state index in [9.17, 15) is 4.79 Å². The van der Waals surface area contributed by atoms with E-state index in [2.05, 4.69) is 57.6 Å². The molecular weight excluding hydrogens is 430 g/mol. The van der Waals surface area contributed by atoms with Crippen LogP contribution in [-0.2, 0) is 17.6 Å². The number of nitrogens with one attached hydrogen (secondary N) is 1. The first-order valence-electron chi connectivity index (χ1n) is 11.4. The summed E-state index contributed by atoms with van der Waals surface area (Å²) in [4.78, 5) is 21.9. The first kappa shape index (κ1) is 21.6. The molecule has 0 spiro atoms. The Morgan fingerprint density at radius 1 is 1.09 bits per heavy atom. The Hall–Kier alpha value is -3.19. The summed E-state index contributed by atoms with van der Waals surface area (Å²) in [6, 6.07) is 18.8. The highest BCUT2D eigenvalue weighted by Crippen LogP contribution is 2.29. The largest absolute Gasteiger partial charge is 0.349 e. The minimum absolute atomic E-state index is 0.00573. The highest BCUT2D eigenvalue weighted by atomic mass is 32.2. The first-order chi connectivity index (χ1) is 16.1. The van der Waals surface area contributed by atoms with Crippen molar-refractivity contribution in [2.75, 3.05) is 5.75 Å². The van der Waals surface area contributed by atoms with E-state index in [0.717, 1.165) is 42.6 Å². The molecular formula is C26H27N5OS. The number of amides is 1. The fraction of sp³-hybridized carbons (Fsp3) is 0.308. The lowest BCUT2D eigenvalue weighted by atomic mass is 9.88. The maximum absolute atomic E-state index is 12.7. The third kappa shape index (κ3) is 4.64. The number of aryl methyl sites for hydroxylation is 3. The number of benzene rings is 2. The standard InChI is InChI=1S/C26H27N5OS/c1-17-22(15-19-9-4-3-5-10-19)18(2)31-25(27-17)29-26(30-31)33-16-24(32)28-23-14-8-12-20-11-6-7-13-21(20)23/h3-7,9-11,13,23H,8,12,14-16H2,1-2H3,(H,28,32). The molecule has 1 N–H and O–H groups in total. The third-order valence-electron chi connectivity index (χ3n) is 6.29. The van der Waals surface area contributed by atoms with Crippen LogP contribution in [0.3, 0.4) is 0 Å². The van der Waals surface area contributed by atoms with Crippen LogP contribution in [0.2, 0.25) is 0 Å². The Bertz CT molecular complexity index is 1300. The molecule has 1 atom stereocenters. The highest BCUT2D eigenvalue weighted by Gasteiger charge is 2.22. The lowest BCUT2D eigenvalue weighted by Gasteiger charge is -2.26. The molecule has 1 amide bonds. The Labute approximate surface area is 197 Å². The Morgan fingerprint density at radius 2 is 1.88 bits per heavy atom. The van der Waals surface area contributed by atoms with E-state index in [1.165, 1.54) is 28.5 Å². The van der Waals surface area contributed by atoms with E-state index in [0.29, 0.717) is 10.9 Å². The second-order valence-corrected chi connectivity index (χ2v) is 9.47. The molecule has 1 aliphatic rings. The van der Waals surface area contributed by atoms with E-state index in [4.69, 9.17) is 0 Å². The lowest BCUT2D eigenvalue weighted by Crippen LogP contribution is -2.32. The zero-order valence-corrected chi connectivity index (χ0v) is 19.7. The number of carbonyl (C=O) groups excluding carboxylic acids is 1. The van der Waals surface area contributed by atoms with Crippen LogP contribution >= 0.6 is 11.8 Å². The van der Waals surface area contributed by atoms with Gasteiger partial charge in [-0.3, -0.25) is 4.79 Å². The Balaban J connectivity index is 1.28. The number of aromatic nitrogens is 4. The molecule has 0 bridgehead atoms. The van der Waals surface area contributed by atoms with Gasteiger partial charge in [-0.25, -0.2) is 9.50 Å². The second kappa shape index (κ2) is 9.35. The monoisotopic (exact) mass is 457 g/mol. The summed E-state index contributed by atoms with van der Waals surface area (Å²) in [7, 11) is 0. The minimum Gasteiger partial charge on any atom is -0.349 e. The molecule has 5 rings (SSSR count). The Kier molecular flexibility index (Phi) is 6.13. The average molecular weight is 458 g/mol. The van der Waals surface area contributed by atoms with Gasteiger partial charge in [0.2, 0.25) is 11.1 Å². The van der Waals surface area contributed by atoms with Crippen LogP contribution in [0.5, 0.6) is 0 Å². The predicted molar refractivity (Wildman–Crippen MR) is 130 cm³/mol. The van der Waals surface area contributed by atoms with E-state index in [-0.39, 0.29) is 17.7 Å². The molecule has 1 unspecified atom stereocenters. The summed E-state index contributed by atoms with van der Waals surface area (Å²) in [5, 5.41) is 8.41. The molecule has 0 radical (unpaired) electrons. The molecule has 0 fully saturated rings. The van der Waals surface area contributed by atoms with Crippen LogP contribution in [0, 0.1) is 13.8 Å². The van der Waals surface area contributed by atoms with Gasteiger partial charge in [0.05, 0.1) is 11.8 Å². The molecule has 0 saturated carbocycles. The molecule has 6 nitrogen and oxygen atoms in total. The molecule has 0 saturated heterocycles. The van der Waals surface area contributed by atoms with Gasteiger partial charge in [-0.1, -0.05) is 66.4 Å². The van der Waals surface area contributed by atoms with Crippen molar-refractivity contribution in [3.05, 3.63) is 88.2 Å². The maximum atomic E-state index is 12.7. The third-order valence-corrected chi connectivity index (χ3v) is 7.13. The van der Waals surface area contributed by atoms with Crippen molar-refractivity contribution < 1.29 is 4.79 Å². The summed E-state index contributed by atoms with van der Waals surface area (Å²) < 4.78 is 1.79. The van der Waals surface area contributed by atoms with Gasteiger partial charge in [-0.15, -0.1) is 5.10 Å². The average Bonchev–Trinajstić information content (AvgIpc) is 3.24. The fourth-order valence-electron chi connectivity index (χ4n) is 4.58. The number of hydrogen-bond acceptors (Lipinski definition) is 5. The maximum Gasteiger partial charge on any atom is 0.253 e. The van der Waals surface area contributed by atoms with Gasteiger partial charge in [0, 0.05) is 17.8 Å². The minimum atomic E-state index is 0.00573. The van der Waals surface area contributed by atoms with Crippen molar-refractivity contribution in [3.8, 4) is 0 Å². The smallest absolute Gasteiger partial charge is 0.253 e. The summed E-state index contributed by atoms with van der Waals surface area (Å²) >= 11 is 1.35. The molecule has 2 heterocycles. The van der Waals surface area contributed by atoms with Crippen molar-refractivity contribution in [3.63, 3.8) is 0 Å². The predicted octanol–water partition coefficient (Wildman–Crippen LogP) is 4.62. The topological polar surface area (TPSA) is 72.2 Å². The Morgan fingerprint density at radius 3 is 2.73 bits per heavy atom. The number of carbonyl (C=O) groups is 1. The zero-order chi connectivity index (χ0) is 22.8. The van der Waals surface area contributed by atoms with Gasteiger partial charge in [0.25, 0.3) is 5.78 Å². The molecule has 0 aliphatic heterocycles.